The summed E-state index contributed by atoms with van der Waals surface area (Å²) in [5.74, 6) is -0.384. The Morgan fingerprint density at radius 2 is 1.94 bits per heavy atom. The molecule has 2 aromatic heterocycles. The molecule has 1 saturated carbocycles. The fourth-order valence-corrected chi connectivity index (χ4v) is 4.46. The minimum atomic E-state index is -4.78. The second kappa shape index (κ2) is 8.72. The molecule has 0 spiro atoms. The molecule has 2 fully saturated rings. The minimum Gasteiger partial charge on any atom is -0.365 e. The normalized spacial score (nSPS) is 17.1. The Kier molecular flexibility index (Phi) is 5.83. The van der Waals surface area contributed by atoms with Gasteiger partial charge >= 0.3 is 6.18 Å². The second-order valence-electron chi connectivity index (χ2n) is 9.25. The standard InChI is InChI=1S/C25H24F4N6/c1-15-19(24(14-30)7-8-24)12-17-22(31-13-16-4-2-5-18(21(16)26)25(27,28)29)33-20(34-23(17)32-15)6-11-35-9-3-10-35/h2,4-5,12H,3,6-11,13H2,1H3,(H,31,32,33,34). The van der Waals surface area contributed by atoms with Crippen LogP contribution in [0.25, 0.3) is 11.0 Å². The third kappa shape index (κ3) is 4.52. The van der Waals surface area contributed by atoms with E-state index in [0.29, 0.717) is 29.1 Å². The van der Waals surface area contributed by atoms with Gasteiger partial charge in [0, 0.05) is 30.8 Å². The summed E-state index contributed by atoms with van der Waals surface area (Å²) >= 11 is 0. The number of rotatable bonds is 7. The number of nitriles is 1. The quantitative estimate of drug-likeness (QED) is 0.481. The van der Waals surface area contributed by atoms with Crippen molar-refractivity contribution in [1.82, 2.24) is 19.9 Å². The van der Waals surface area contributed by atoms with Gasteiger partial charge in [0.25, 0.3) is 0 Å². The first-order chi connectivity index (χ1) is 16.7. The number of hydrogen-bond acceptors (Lipinski definition) is 6. The van der Waals surface area contributed by atoms with Crippen molar-refractivity contribution in [3.8, 4) is 6.07 Å². The second-order valence-corrected chi connectivity index (χ2v) is 9.25. The molecule has 0 unspecified atom stereocenters. The highest BCUT2D eigenvalue weighted by Crippen LogP contribution is 2.49. The summed E-state index contributed by atoms with van der Waals surface area (Å²) in [7, 11) is 0. The van der Waals surface area contributed by atoms with Gasteiger partial charge in [-0.2, -0.15) is 18.4 Å². The van der Waals surface area contributed by atoms with Crippen LogP contribution >= 0.6 is 0 Å². The summed E-state index contributed by atoms with van der Waals surface area (Å²) in [4.78, 5) is 16.2. The molecule has 0 radical (unpaired) electrons. The van der Waals surface area contributed by atoms with Crippen molar-refractivity contribution in [3.63, 3.8) is 0 Å². The van der Waals surface area contributed by atoms with Gasteiger partial charge in [-0.15, -0.1) is 0 Å². The van der Waals surface area contributed by atoms with Crippen molar-refractivity contribution in [2.75, 3.05) is 25.0 Å². The van der Waals surface area contributed by atoms with Crippen molar-refractivity contribution in [2.24, 2.45) is 0 Å². The average Bonchev–Trinajstić information content (AvgIpc) is 3.57. The van der Waals surface area contributed by atoms with E-state index in [4.69, 9.17) is 0 Å². The number of halogens is 4. The fraction of sp³-hybridized carbons (Fsp3) is 0.440. The van der Waals surface area contributed by atoms with Crippen LogP contribution in [0.2, 0.25) is 0 Å². The van der Waals surface area contributed by atoms with Gasteiger partial charge < -0.3 is 10.2 Å². The van der Waals surface area contributed by atoms with Crippen LogP contribution in [0.1, 0.15) is 47.5 Å². The monoisotopic (exact) mass is 484 g/mol. The van der Waals surface area contributed by atoms with Crippen molar-refractivity contribution in [2.45, 2.75) is 50.7 Å². The summed E-state index contributed by atoms with van der Waals surface area (Å²) in [6.45, 7) is 4.51. The Labute approximate surface area is 200 Å². The van der Waals surface area contributed by atoms with Crippen LogP contribution in [0.5, 0.6) is 0 Å². The van der Waals surface area contributed by atoms with Crippen LogP contribution in [-0.4, -0.2) is 39.5 Å². The van der Waals surface area contributed by atoms with Gasteiger partial charge in [-0.05, 0) is 57.0 Å². The first-order valence-corrected chi connectivity index (χ1v) is 11.6. The lowest BCUT2D eigenvalue weighted by molar-refractivity contribution is -0.140. The number of nitrogens with zero attached hydrogens (tertiary/aromatic N) is 5. The highest BCUT2D eigenvalue weighted by Gasteiger charge is 2.46. The highest BCUT2D eigenvalue weighted by atomic mass is 19.4. The molecule has 1 saturated heterocycles. The summed E-state index contributed by atoms with van der Waals surface area (Å²) in [6, 6.07) is 7.44. The Hall–Kier alpha value is -3.32. The van der Waals surface area contributed by atoms with E-state index in [1.165, 1.54) is 12.1 Å². The van der Waals surface area contributed by atoms with Gasteiger partial charge in [0.1, 0.15) is 17.5 Å². The molecule has 6 nitrogen and oxygen atoms in total. The van der Waals surface area contributed by atoms with E-state index in [2.05, 4.69) is 31.2 Å². The Morgan fingerprint density at radius 3 is 2.57 bits per heavy atom. The molecule has 0 bridgehead atoms. The number of likely N-dealkylation sites (tertiary alicyclic amines) is 1. The molecular formula is C25H24F4N6. The smallest absolute Gasteiger partial charge is 0.365 e. The molecule has 3 aromatic rings. The zero-order chi connectivity index (χ0) is 24.8. The van der Waals surface area contributed by atoms with Gasteiger partial charge in [0.2, 0.25) is 0 Å². The van der Waals surface area contributed by atoms with Crippen molar-refractivity contribution in [3.05, 3.63) is 58.3 Å². The Balaban J connectivity index is 1.51. The molecule has 1 aliphatic heterocycles. The molecule has 1 aromatic carbocycles. The molecule has 0 amide bonds. The number of nitrogens with one attached hydrogen (secondary N) is 1. The van der Waals surface area contributed by atoms with E-state index in [-0.39, 0.29) is 12.1 Å². The number of fused-ring (bicyclic) bond motifs is 1. The molecule has 0 atom stereocenters. The third-order valence-corrected chi connectivity index (χ3v) is 6.83. The fourth-order valence-electron chi connectivity index (χ4n) is 4.46. The van der Waals surface area contributed by atoms with Crippen molar-refractivity contribution >= 4 is 16.9 Å². The molecule has 35 heavy (non-hydrogen) atoms. The first-order valence-electron chi connectivity index (χ1n) is 11.6. The number of anilines is 1. The van der Waals surface area contributed by atoms with E-state index in [1.54, 1.807) is 0 Å². The molecule has 5 rings (SSSR count). The molecule has 2 aliphatic rings. The number of alkyl halides is 3. The highest BCUT2D eigenvalue weighted by molar-refractivity contribution is 5.87. The predicted octanol–water partition coefficient (Wildman–Crippen LogP) is 4.91. The van der Waals surface area contributed by atoms with Crippen molar-refractivity contribution < 1.29 is 17.6 Å². The molecule has 3 heterocycles. The largest absolute Gasteiger partial charge is 0.419 e. The zero-order valence-corrected chi connectivity index (χ0v) is 19.2. The van der Waals surface area contributed by atoms with Crippen LogP contribution in [0.3, 0.4) is 0 Å². The van der Waals surface area contributed by atoms with Crippen LogP contribution in [0, 0.1) is 24.1 Å². The maximum absolute atomic E-state index is 14.6. The van der Waals surface area contributed by atoms with Crippen molar-refractivity contribution in [1.29, 1.82) is 5.26 Å². The lowest BCUT2D eigenvalue weighted by atomic mass is 9.95. The van der Waals surface area contributed by atoms with Gasteiger partial charge in [0.15, 0.2) is 5.65 Å². The van der Waals surface area contributed by atoms with E-state index in [1.807, 2.05) is 13.0 Å². The Bertz CT molecular complexity index is 1320. The maximum Gasteiger partial charge on any atom is 0.419 e. The molecular weight excluding hydrogens is 460 g/mol. The number of aryl methyl sites for hydroxylation is 1. The number of aromatic nitrogens is 3. The molecule has 1 aliphatic carbocycles. The molecule has 1 N–H and O–H groups in total. The van der Waals surface area contributed by atoms with Crippen LogP contribution in [0.15, 0.2) is 24.3 Å². The van der Waals surface area contributed by atoms with Gasteiger partial charge in [-0.25, -0.2) is 19.3 Å². The van der Waals surface area contributed by atoms with Crippen LogP contribution < -0.4 is 5.32 Å². The third-order valence-electron chi connectivity index (χ3n) is 6.83. The van der Waals surface area contributed by atoms with Crippen LogP contribution in [0.4, 0.5) is 23.4 Å². The van der Waals surface area contributed by atoms with E-state index < -0.39 is 23.0 Å². The van der Waals surface area contributed by atoms with Gasteiger partial charge in [-0.1, -0.05) is 12.1 Å². The number of benzene rings is 1. The predicted molar refractivity (Wildman–Crippen MR) is 122 cm³/mol. The van der Waals surface area contributed by atoms with E-state index in [9.17, 15) is 22.8 Å². The Morgan fingerprint density at radius 1 is 1.17 bits per heavy atom. The summed E-state index contributed by atoms with van der Waals surface area (Å²) in [5.41, 5.74) is -0.0306. The lowest BCUT2D eigenvalue weighted by Crippen LogP contribution is -2.38. The van der Waals surface area contributed by atoms with E-state index in [0.717, 1.165) is 56.2 Å². The topological polar surface area (TPSA) is 77.7 Å². The molecule has 10 heteroatoms. The van der Waals surface area contributed by atoms with Gasteiger partial charge in [0.05, 0.1) is 22.4 Å². The summed E-state index contributed by atoms with van der Waals surface area (Å²) < 4.78 is 54.1. The summed E-state index contributed by atoms with van der Waals surface area (Å²) in [6.07, 6.45) is -1.54. The number of hydrogen-bond donors (Lipinski definition) is 1. The van der Waals surface area contributed by atoms with Crippen LogP contribution in [-0.2, 0) is 24.6 Å². The average molecular weight is 485 g/mol. The number of pyridine rings is 1. The lowest BCUT2D eigenvalue weighted by Gasteiger charge is -2.30. The van der Waals surface area contributed by atoms with Gasteiger partial charge in [-0.3, -0.25) is 0 Å². The first kappa shape index (κ1) is 23.4. The molecule has 182 valence electrons. The maximum atomic E-state index is 14.6. The summed E-state index contributed by atoms with van der Waals surface area (Å²) in [5, 5.41) is 13.3. The minimum absolute atomic E-state index is 0.121. The van der Waals surface area contributed by atoms with E-state index >= 15 is 0 Å². The zero-order valence-electron chi connectivity index (χ0n) is 19.2. The SMILES string of the molecule is Cc1nc2nc(CCN3CCC3)nc(NCc3cccc(C(F)(F)F)c3F)c2cc1C1(C#N)CC1.